The normalized spacial score (nSPS) is 15.0. The number of rotatable bonds is 2. The molecule has 122 valence electrons. The maximum atomic E-state index is 12.6. The van der Waals surface area contributed by atoms with Crippen molar-refractivity contribution in [2.45, 2.75) is 6.92 Å². The van der Waals surface area contributed by atoms with Gasteiger partial charge in [0, 0.05) is 30.2 Å². The van der Waals surface area contributed by atoms with Crippen LogP contribution in [-0.4, -0.2) is 31.3 Å². The van der Waals surface area contributed by atoms with Gasteiger partial charge in [0.1, 0.15) is 0 Å². The molecule has 1 aromatic heterocycles. The zero-order valence-electron chi connectivity index (χ0n) is 13.7. The lowest BCUT2D eigenvalue weighted by molar-refractivity contribution is 0.123. The van der Waals surface area contributed by atoms with Crippen LogP contribution in [0.3, 0.4) is 0 Å². The average molecular weight is 320 g/mol. The van der Waals surface area contributed by atoms with Crippen molar-refractivity contribution in [2.75, 3.05) is 31.2 Å². The summed E-state index contributed by atoms with van der Waals surface area (Å²) < 4.78 is 5.45. The molecule has 4 heteroatoms. The standard InChI is InChI=1S/C20H20N2O2/c1-14-4-2-5-15(12-14)17-13-19(23)16-6-3-7-18(20(16)21-17)22-8-10-24-11-9-22/h2-7,12-13H,8-11H2,1H3,(H,21,23). The molecule has 2 heterocycles. The molecule has 2 aromatic carbocycles. The van der Waals surface area contributed by atoms with E-state index >= 15 is 0 Å². The molecule has 0 radical (unpaired) electrons. The molecule has 24 heavy (non-hydrogen) atoms. The van der Waals surface area contributed by atoms with Crippen LogP contribution in [0.4, 0.5) is 5.69 Å². The first-order valence-corrected chi connectivity index (χ1v) is 8.28. The smallest absolute Gasteiger partial charge is 0.190 e. The van der Waals surface area contributed by atoms with E-state index in [9.17, 15) is 4.79 Å². The van der Waals surface area contributed by atoms with Gasteiger partial charge in [-0.15, -0.1) is 0 Å². The van der Waals surface area contributed by atoms with Gasteiger partial charge in [0.25, 0.3) is 0 Å². The first-order chi connectivity index (χ1) is 11.7. The molecule has 1 saturated heterocycles. The minimum absolute atomic E-state index is 0.0513. The molecule has 0 saturated carbocycles. The molecule has 4 rings (SSSR count). The number of ether oxygens (including phenoxy) is 1. The molecule has 1 N–H and O–H groups in total. The van der Waals surface area contributed by atoms with Gasteiger partial charge in [0.05, 0.1) is 24.4 Å². The highest BCUT2D eigenvalue weighted by atomic mass is 16.5. The number of nitrogens with one attached hydrogen (secondary N) is 1. The molecule has 0 amide bonds. The van der Waals surface area contributed by atoms with E-state index in [4.69, 9.17) is 4.74 Å². The molecular formula is C20H20N2O2. The van der Waals surface area contributed by atoms with Gasteiger partial charge in [0.2, 0.25) is 0 Å². The summed E-state index contributed by atoms with van der Waals surface area (Å²) in [6.07, 6.45) is 0. The number of para-hydroxylation sites is 1. The molecule has 0 spiro atoms. The number of hydrogen-bond donors (Lipinski definition) is 1. The SMILES string of the molecule is Cc1cccc(-c2cc(=O)c3cccc(N4CCOCC4)c3[nH]2)c1. The van der Waals surface area contributed by atoms with E-state index in [1.54, 1.807) is 6.07 Å². The average Bonchev–Trinajstić information content (AvgIpc) is 2.62. The highest BCUT2D eigenvalue weighted by Crippen LogP contribution is 2.27. The third-order valence-electron chi connectivity index (χ3n) is 4.52. The molecule has 1 aliphatic rings. The van der Waals surface area contributed by atoms with Crippen molar-refractivity contribution >= 4 is 16.6 Å². The number of aromatic nitrogens is 1. The quantitative estimate of drug-likeness (QED) is 0.788. The van der Waals surface area contributed by atoms with Crippen molar-refractivity contribution in [2.24, 2.45) is 0 Å². The van der Waals surface area contributed by atoms with Crippen LogP contribution in [0.15, 0.2) is 53.3 Å². The Bertz CT molecular complexity index is 940. The van der Waals surface area contributed by atoms with E-state index < -0.39 is 0 Å². The maximum absolute atomic E-state index is 12.6. The molecule has 1 fully saturated rings. The van der Waals surface area contributed by atoms with Gasteiger partial charge in [-0.2, -0.15) is 0 Å². The van der Waals surface area contributed by atoms with Crippen molar-refractivity contribution in [3.63, 3.8) is 0 Å². The molecule has 4 nitrogen and oxygen atoms in total. The number of nitrogens with zero attached hydrogens (tertiary/aromatic N) is 1. The fraction of sp³-hybridized carbons (Fsp3) is 0.250. The number of benzene rings is 2. The summed E-state index contributed by atoms with van der Waals surface area (Å²) in [6.45, 7) is 5.18. The number of pyridine rings is 1. The topological polar surface area (TPSA) is 45.3 Å². The zero-order chi connectivity index (χ0) is 16.5. The monoisotopic (exact) mass is 320 g/mol. The summed E-state index contributed by atoms with van der Waals surface area (Å²) in [5, 5.41) is 0.732. The van der Waals surface area contributed by atoms with Crippen LogP contribution < -0.4 is 10.3 Å². The first-order valence-electron chi connectivity index (χ1n) is 8.28. The molecule has 0 atom stereocenters. The van der Waals surface area contributed by atoms with Gasteiger partial charge >= 0.3 is 0 Å². The molecule has 1 aliphatic heterocycles. The Morgan fingerprint density at radius 3 is 2.62 bits per heavy atom. The van der Waals surface area contributed by atoms with Crippen molar-refractivity contribution in [3.05, 3.63) is 64.3 Å². The van der Waals surface area contributed by atoms with E-state index in [0.29, 0.717) is 0 Å². The summed E-state index contributed by atoms with van der Waals surface area (Å²) in [5.74, 6) is 0. The van der Waals surface area contributed by atoms with E-state index in [2.05, 4.69) is 35.0 Å². The van der Waals surface area contributed by atoms with Crippen LogP contribution in [0, 0.1) is 6.92 Å². The van der Waals surface area contributed by atoms with Gasteiger partial charge in [0.15, 0.2) is 5.43 Å². The van der Waals surface area contributed by atoms with Crippen molar-refractivity contribution in [1.82, 2.24) is 4.98 Å². The third-order valence-corrected chi connectivity index (χ3v) is 4.52. The number of aromatic amines is 1. The lowest BCUT2D eigenvalue weighted by Crippen LogP contribution is -2.36. The van der Waals surface area contributed by atoms with Crippen LogP contribution in [0.2, 0.25) is 0 Å². The Hall–Kier alpha value is -2.59. The van der Waals surface area contributed by atoms with E-state index in [1.165, 1.54) is 5.56 Å². The predicted octanol–water partition coefficient (Wildman–Crippen LogP) is 3.34. The summed E-state index contributed by atoms with van der Waals surface area (Å²) in [7, 11) is 0. The van der Waals surface area contributed by atoms with Crippen LogP contribution in [-0.2, 0) is 4.74 Å². The summed E-state index contributed by atoms with van der Waals surface area (Å²) in [4.78, 5) is 18.4. The van der Waals surface area contributed by atoms with Crippen molar-refractivity contribution in [1.29, 1.82) is 0 Å². The molecule has 0 aliphatic carbocycles. The maximum Gasteiger partial charge on any atom is 0.190 e. The summed E-state index contributed by atoms with van der Waals surface area (Å²) in [6, 6.07) is 15.8. The number of morpholine rings is 1. The summed E-state index contributed by atoms with van der Waals surface area (Å²) in [5.41, 5.74) is 5.10. The highest BCUT2D eigenvalue weighted by Gasteiger charge is 2.15. The Labute approximate surface area is 140 Å². The number of hydrogen-bond acceptors (Lipinski definition) is 3. The minimum Gasteiger partial charge on any atom is -0.378 e. The lowest BCUT2D eigenvalue weighted by atomic mass is 10.1. The fourth-order valence-corrected chi connectivity index (χ4v) is 3.29. The Kier molecular flexibility index (Phi) is 3.82. The van der Waals surface area contributed by atoms with Gasteiger partial charge in [-0.1, -0.05) is 29.8 Å². The van der Waals surface area contributed by atoms with Crippen LogP contribution in [0.5, 0.6) is 0 Å². The number of H-pyrrole nitrogens is 1. The number of aryl methyl sites for hydroxylation is 1. The second-order valence-electron chi connectivity index (χ2n) is 6.22. The second kappa shape index (κ2) is 6.13. The van der Waals surface area contributed by atoms with E-state index in [1.807, 2.05) is 24.3 Å². The fourth-order valence-electron chi connectivity index (χ4n) is 3.29. The van der Waals surface area contributed by atoms with Crippen molar-refractivity contribution < 1.29 is 4.74 Å². The Morgan fingerprint density at radius 2 is 1.83 bits per heavy atom. The molecule has 0 unspecified atom stereocenters. The zero-order valence-corrected chi connectivity index (χ0v) is 13.7. The highest BCUT2D eigenvalue weighted by molar-refractivity contribution is 5.92. The van der Waals surface area contributed by atoms with Crippen LogP contribution in [0.1, 0.15) is 5.56 Å². The van der Waals surface area contributed by atoms with Crippen molar-refractivity contribution in [3.8, 4) is 11.3 Å². The molecule has 0 bridgehead atoms. The third kappa shape index (κ3) is 2.69. The largest absolute Gasteiger partial charge is 0.378 e. The van der Waals surface area contributed by atoms with E-state index in [-0.39, 0.29) is 5.43 Å². The number of anilines is 1. The van der Waals surface area contributed by atoms with Crippen LogP contribution >= 0.6 is 0 Å². The second-order valence-corrected chi connectivity index (χ2v) is 6.22. The van der Waals surface area contributed by atoms with Gasteiger partial charge in [-0.05, 0) is 30.7 Å². The van der Waals surface area contributed by atoms with Crippen LogP contribution in [0.25, 0.3) is 22.2 Å². The first kappa shape index (κ1) is 15.0. The van der Waals surface area contributed by atoms with Gasteiger partial charge < -0.3 is 14.6 Å². The Balaban J connectivity index is 1.91. The molecule has 3 aromatic rings. The predicted molar refractivity (Wildman–Crippen MR) is 97.8 cm³/mol. The Morgan fingerprint density at radius 1 is 1.04 bits per heavy atom. The minimum atomic E-state index is 0.0513. The lowest BCUT2D eigenvalue weighted by Gasteiger charge is -2.29. The van der Waals surface area contributed by atoms with Gasteiger partial charge in [-0.3, -0.25) is 4.79 Å². The molecular weight excluding hydrogens is 300 g/mol. The summed E-state index contributed by atoms with van der Waals surface area (Å²) >= 11 is 0. The van der Waals surface area contributed by atoms with Gasteiger partial charge in [-0.25, -0.2) is 0 Å². The number of fused-ring (bicyclic) bond motifs is 1. The van der Waals surface area contributed by atoms with E-state index in [0.717, 1.165) is 54.2 Å².